The standard InChI is InChI=1S/C9H10O4/c1-13-8(12)9-5(6(9)4-10)2-3-7(9)11/h4-6H,2-3H2,1H3/t5-,6-,9+/m1/s1. The van der Waals surface area contributed by atoms with Gasteiger partial charge in [-0.1, -0.05) is 0 Å². The van der Waals surface area contributed by atoms with Crippen molar-refractivity contribution in [1.82, 2.24) is 0 Å². The second-order valence-electron chi connectivity index (χ2n) is 3.59. The van der Waals surface area contributed by atoms with Crippen LogP contribution in [0.1, 0.15) is 12.8 Å². The number of esters is 1. The van der Waals surface area contributed by atoms with Crippen molar-refractivity contribution in [2.75, 3.05) is 7.11 Å². The molecule has 2 rings (SSSR count). The summed E-state index contributed by atoms with van der Waals surface area (Å²) in [7, 11) is 1.25. The molecule has 0 bridgehead atoms. The smallest absolute Gasteiger partial charge is 0.320 e. The maximum Gasteiger partial charge on any atom is 0.320 e. The molecule has 2 aliphatic carbocycles. The van der Waals surface area contributed by atoms with Crippen LogP contribution in [0.2, 0.25) is 0 Å². The molecule has 0 amide bonds. The Kier molecular flexibility index (Phi) is 1.55. The summed E-state index contributed by atoms with van der Waals surface area (Å²) in [5.74, 6) is -1.15. The van der Waals surface area contributed by atoms with E-state index in [-0.39, 0.29) is 11.7 Å². The minimum atomic E-state index is -1.07. The monoisotopic (exact) mass is 182 g/mol. The highest BCUT2D eigenvalue weighted by Gasteiger charge is 2.77. The van der Waals surface area contributed by atoms with Crippen molar-refractivity contribution in [2.45, 2.75) is 12.8 Å². The molecule has 0 spiro atoms. The summed E-state index contributed by atoms with van der Waals surface area (Å²) < 4.78 is 4.56. The zero-order valence-corrected chi connectivity index (χ0v) is 7.28. The highest BCUT2D eigenvalue weighted by Crippen LogP contribution is 2.65. The number of fused-ring (bicyclic) bond motifs is 1. The molecule has 0 aromatic carbocycles. The van der Waals surface area contributed by atoms with Gasteiger partial charge in [0.25, 0.3) is 0 Å². The molecule has 2 aliphatic rings. The largest absolute Gasteiger partial charge is 0.468 e. The molecular formula is C9H10O4. The van der Waals surface area contributed by atoms with E-state index in [1.165, 1.54) is 7.11 Å². The third kappa shape index (κ3) is 0.734. The fraction of sp³-hybridized carbons (Fsp3) is 0.667. The van der Waals surface area contributed by atoms with E-state index in [0.717, 1.165) is 0 Å². The number of aldehydes is 1. The van der Waals surface area contributed by atoms with E-state index in [0.29, 0.717) is 19.1 Å². The summed E-state index contributed by atoms with van der Waals surface area (Å²) >= 11 is 0. The van der Waals surface area contributed by atoms with Crippen LogP contribution in [-0.4, -0.2) is 25.1 Å². The molecule has 4 heteroatoms. The van der Waals surface area contributed by atoms with Crippen LogP contribution in [0.3, 0.4) is 0 Å². The molecule has 0 aromatic rings. The first-order valence-corrected chi connectivity index (χ1v) is 4.26. The van der Waals surface area contributed by atoms with Crippen molar-refractivity contribution in [2.24, 2.45) is 17.3 Å². The number of hydrogen-bond donors (Lipinski definition) is 0. The molecule has 2 saturated carbocycles. The van der Waals surface area contributed by atoms with Gasteiger partial charge in [-0.2, -0.15) is 0 Å². The Balaban J connectivity index is 2.34. The molecule has 0 unspecified atom stereocenters. The molecule has 13 heavy (non-hydrogen) atoms. The molecule has 0 aliphatic heterocycles. The molecule has 4 nitrogen and oxygen atoms in total. The van der Waals surface area contributed by atoms with Crippen molar-refractivity contribution in [1.29, 1.82) is 0 Å². The molecule has 3 atom stereocenters. The minimum Gasteiger partial charge on any atom is -0.468 e. The number of Topliss-reactive ketones (excluding diaryl/α,β-unsaturated/α-hetero) is 1. The molecule has 0 N–H and O–H groups in total. The first kappa shape index (κ1) is 8.41. The maximum atomic E-state index is 11.4. The molecule has 0 radical (unpaired) electrons. The molecule has 0 aromatic heterocycles. The summed E-state index contributed by atoms with van der Waals surface area (Å²) in [5.41, 5.74) is -1.07. The first-order valence-electron chi connectivity index (χ1n) is 4.26. The van der Waals surface area contributed by atoms with Gasteiger partial charge in [-0.15, -0.1) is 0 Å². The molecular weight excluding hydrogens is 172 g/mol. The Bertz CT molecular complexity index is 296. The van der Waals surface area contributed by atoms with Crippen LogP contribution in [0.4, 0.5) is 0 Å². The molecule has 0 heterocycles. The zero-order chi connectivity index (χ0) is 9.64. The summed E-state index contributed by atoms with van der Waals surface area (Å²) in [6.07, 6.45) is 1.76. The van der Waals surface area contributed by atoms with Crippen molar-refractivity contribution in [3.05, 3.63) is 0 Å². The number of carbonyl (C=O) groups is 3. The molecule has 70 valence electrons. The number of methoxy groups -OCH3 is 1. The quantitative estimate of drug-likeness (QED) is 0.341. The number of rotatable bonds is 2. The highest BCUT2D eigenvalue weighted by molar-refractivity contribution is 6.12. The summed E-state index contributed by atoms with van der Waals surface area (Å²) in [6, 6.07) is 0. The normalized spacial score (nSPS) is 41.2. The lowest BCUT2D eigenvalue weighted by molar-refractivity contribution is -0.152. The molecule has 0 saturated heterocycles. The Hall–Kier alpha value is -1.19. The zero-order valence-electron chi connectivity index (χ0n) is 7.28. The van der Waals surface area contributed by atoms with Gasteiger partial charge in [0.2, 0.25) is 0 Å². The van der Waals surface area contributed by atoms with Crippen LogP contribution in [-0.2, 0) is 19.1 Å². The third-order valence-electron chi connectivity index (χ3n) is 3.25. The van der Waals surface area contributed by atoms with E-state index in [4.69, 9.17) is 0 Å². The summed E-state index contributed by atoms with van der Waals surface area (Å²) in [6.45, 7) is 0. The average Bonchev–Trinajstić information content (AvgIpc) is 2.70. The van der Waals surface area contributed by atoms with E-state index in [1.807, 2.05) is 0 Å². The van der Waals surface area contributed by atoms with Gasteiger partial charge in [-0.3, -0.25) is 9.59 Å². The van der Waals surface area contributed by atoms with E-state index < -0.39 is 17.3 Å². The number of hydrogen-bond acceptors (Lipinski definition) is 4. The van der Waals surface area contributed by atoms with Gasteiger partial charge in [-0.25, -0.2) is 0 Å². The Morgan fingerprint density at radius 3 is 2.85 bits per heavy atom. The van der Waals surface area contributed by atoms with Crippen LogP contribution >= 0.6 is 0 Å². The van der Waals surface area contributed by atoms with Crippen molar-refractivity contribution in [3.63, 3.8) is 0 Å². The van der Waals surface area contributed by atoms with Crippen LogP contribution < -0.4 is 0 Å². The SMILES string of the molecule is COC(=O)[C@@]12C(=O)CC[C@@H]1[C@H]2C=O. The fourth-order valence-corrected chi connectivity index (χ4v) is 2.55. The van der Waals surface area contributed by atoms with Crippen LogP contribution in [0, 0.1) is 17.3 Å². The van der Waals surface area contributed by atoms with Crippen molar-refractivity contribution < 1.29 is 19.1 Å². The predicted molar refractivity (Wildman–Crippen MR) is 41.7 cm³/mol. The number of ether oxygens (including phenoxy) is 1. The van der Waals surface area contributed by atoms with Crippen molar-refractivity contribution >= 4 is 18.0 Å². The first-order chi connectivity index (χ1) is 6.19. The maximum absolute atomic E-state index is 11.4. The summed E-state index contributed by atoms with van der Waals surface area (Å²) in [5, 5.41) is 0. The van der Waals surface area contributed by atoms with E-state index in [1.54, 1.807) is 0 Å². The lowest BCUT2D eigenvalue weighted by Crippen LogP contribution is -2.28. The van der Waals surface area contributed by atoms with E-state index in [2.05, 4.69) is 4.74 Å². The Morgan fingerprint density at radius 2 is 2.38 bits per heavy atom. The fourth-order valence-electron chi connectivity index (χ4n) is 2.55. The third-order valence-corrected chi connectivity index (χ3v) is 3.25. The predicted octanol–water partition coefficient (Wildman–Crippen LogP) is -0.0464. The van der Waals surface area contributed by atoms with Gasteiger partial charge in [0.05, 0.1) is 7.11 Å². The van der Waals surface area contributed by atoms with Crippen LogP contribution in [0.5, 0.6) is 0 Å². The summed E-state index contributed by atoms with van der Waals surface area (Å²) in [4.78, 5) is 33.4. The second-order valence-corrected chi connectivity index (χ2v) is 3.59. The second kappa shape index (κ2) is 2.40. The topological polar surface area (TPSA) is 60.4 Å². The van der Waals surface area contributed by atoms with Gasteiger partial charge in [0, 0.05) is 12.3 Å². The van der Waals surface area contributed by atoms with Gasteiger partial charge < -0.3 is 9.53 Å². The van der Waals surface area contributed by atoms with Crippen LogP contribution in [0.15, 0.2) is 0 Å². The number of ketones is 1. The minimum absolute atomic E-state index is 0.0788. The van der Waals surface area contributed by atoms with Gasteiger partial charge in [0.15, 0.2) is 5.78 Å². The highest BCUT2D eigenvalue weighted by atomic mass is 16.5. The van der Waals surface area contributed by atoms with Gasteiger partial charge in [0.1, 0.15) is 11.7 Å². The molecule has 2 fully saturated rings. The average molecular weight is 182 g/mol. The Labute approximate surface area is 75.2 Å². The van der Waals surface area contributed by atoms with E-state index in [9.17, 15) is 14.4 Å². The van der Waals surface area contributed by atoms with Crippen LogP contribution in [0.25, 0.3) is 0 Å². The van der Waals surface area contributed by atoms with Gasteiger partial charge in [-0.05, 0) is 12.3 Å². The van der Waals surface area contributed by atoms with Crippen molar-refractivity contribution in [3.8, 4) is 0 Å². The van der Waals surface area contributed by atoms with Gasteiger partial charge >= 0.3 is 5.97 Å². The lowest BCUT2D eigenvalue weighted by atomic mass is 9.99. The Morgan fingerprint density at radius 1 is 1.69 bits per heavy atom. The lowest BCUT2D eigenvalue weighted by Gasteiger charge is -2.07. The van der Waals surface area contributed by atoms with E-state index >= 15 is 0 Å². The number of carbonyl (C=O) groups excluding carboxylic acids is 3.